The molecule has 3 heterocycles. The van der Waals surface area contributed by atoms with Gasteiger partial charge in [-0.05, 0) is 56.9 Å². The van der Waals surface area contributed by atoms with Crippen molar-refractivity contribution in [2.75, 3.05) is 63.9 Å². The fourth-order valence-corrected chi connectivity index (χ4v) is 5.72. The lowest BCUT2D eigenvalue weighted by Gasteiger charge is -2.38. The van der Waals surface area contributed by atoms with Crippen LogP contribution in [0.25, 0.3) is 17.3 Å². The maximum Gasteiger partial charge on any atom is 0.0780 e. The Balaban J connectivity index is 1.24. The molecule has 4 aliphatic rings. The van der Waals surface area contributed by atoms with E-state index in [4.69, 9.17) is 9.72 Å². The van der Waals surface area contributed by atoms with Crippen molar-refractivity contribution in [2.24, 2.45) is 0 Å². The molecule has 6 rings (SSSR count). The summed E-state index contributed by atoms with van der Waals surface area (Å²) < 4.78 is 5.54. The van der Waals surface area contributed by atoms with Gasteiger partial charge in [-0.2, -0.15) is 0 Å². The normalized spacial score (nSPS) is 21.7. The molecule has 0 bridgehead atoms. The first-order valence-corrected chi connectivity index (χ1v) is 13.3. The summed E-state index contributed by atoms with van der Waals surface area (Å²) in [6.07, 6.45) is 6.09. The molecule has 0 atom stereocenters. The smallest absolute Gasteiger partial charge is 0.0780 e. The van der Waals surface area contributed by atoms with Crippen LogP contribution in [0.5, 0.6) is 0 Å². The second-order valence-corrected chi connectivity index (χ2v) is 10.8. The molecule has 5 nitrogen and oxygen atoms in total. The van der Waals surface area contributed by atoms with Crippen molar-refractivity contribution >= 4 is 11.8 Å². The number of nitrogens with zero attached hydrogens (tertiary/aromatic N) is 4. The minimum absolute atomic E-state index is 0.637. The number of fused-ring (bicyclic) bond motifs is 1. The summed E-state index contributed by atoms with van der Waals surface area (Å²) in [5.41, 5.74) is 9.44. The SMILES string of the molecule is CC(C)N1CCN(c2ccc(-c3nc(C4CC4)cc4c3C=C(CN3CCOCC3)C4)cc2)CC1. The molecule has 2 saturated heterocycles. The molecule has 0 spiro atoms. The minimum Gasteiger partial charge on any atom is -0.379 e. The third kappa shape index (κ3) is 4.66. The maximum absolute atomic E-state index is 5.54. The first-order valence-electron chi connectivity index (χ1n) is 13.3. The van der Waals surface area contributed by atoms with Crippen molar-refractivity contribution in [3.05, 3.63) is 52.7 Å². The summed E-state index contributed by atoms with van der Waals surface area (Å²) in [5, 5.41) is 0. The largest absolute Gasteiger partial charge is 0.379 e. The van der Waals surface area contributed by atoms with Gasteiger partial charge in [-0.15, -0.1) is 0 Å². The number of benzene rings is 1. The fourth-order valence-electron chi connectivity index (χ4n) is 5.72. The lowest BCUT2D eigenvalue weighted by molar-refractivity contribution is 0.0422. The van der Waals surface area contributed by atoms with Crippen LogP contribution in [-0.2, 0) is 11.2 Å². The molecule has 1 saturated carbocycles. The first-order chi connectivity index (χ1) is 16.6. The highest BCUT2D eigenvalue weighted by atomic mass is 16.5. The summed E-state index contributed by atoms with van der Waals surface area (Å²) >= 11 is 0. The van der Waals surface area contributed by atoms with Crippen molar-refractivity contribution in [3.63, 3.8) is 0 Å². The minimum atomic E-state index is 0.637. The molecule has 1 aromatic carbocycles. The summed E-state index contributed by atoms with van der Waals surface area (Å²) in [5.74, 6) is 0.670. The van der Waals surface area contributed by atoms with Crippen LogP contribution in [-0.4, -0.2) is 79.9 Å². The average Bonchev–Trinajstić information content (AvgIpc) is 3.64. The van der Waals surface area contributed by atoms with Gasteiger partial charge in [-0.25, -0.2) is 0 Å². The Labute approximate surface area is 204 Å². The molecular weight excluding hydrogens is 420 g/mol. The van der Waals surface area contributed by atoms with E-state index in [0.717, 1.165) is 65.4 Å². The average molecular weight is 459 g/mol. The van der Waals surface area contributed by atoms with Crippen LogP contribution in [0.15, 0.2) is 35.9 Å². The van der Waals surface area contributed by atoms with Crippen molar-refractivity contribution in [3.8, 4) is 11.3 Å². The molecule has 0 amide bonds. The molecule has 0 N–H and O–H groups in total. The summed E-state index contributed by atoms with van der Waals surface area (Å²) in [6.45, 7) is 14.0. The monoisotopic (exact) mass is 458 g/mol. The second kappa shape index (κ2) is 9.44. The Bertz CT molecular complexity index is 1040. The Hall–Kier alpha value is -2.21. The van der Waals surface area contributed by atoms with Crippen molar-refractivity contribution in [2.45, 2.75) is 45.1 Å². The van der Waals surface area contributed by atoms with Gasteiger partial charge in [0, 0.05) is 80.3 Å². The van der Waals surface area contributed by atoms with E-state index in [2.05, 4.69) is 65.0 Å². The predicted octanol–water partition coefficient (Wildman–Crippen LogP) is 4.43. The van der Waals surface area contributed by atoms with Crippen LogP contribution < -0.4 is 4.90 Å². The van der Waals surface area contributed by atoms with E-state index < -0.39 is 0 Å². The summed E-state index contributed by atoms with van der Waals surface area (Å²) in [7, 11) is 0. The quantitative estimate of drug-likeness (QED) is 0.639. The standard InChI is InChI=1S/C29H38N4O/c1-21(2)32-9-11-33(12-10-32)26-7-5-24(6-8-26)29-27-18-22(20-31-13-15-34-16-14-31)17-25(27)19-28(30-29)23-3-4-23/h5-8,18-19,21,23H,3-4,9-17,20H2,1-2H3. The Kier molecular flexibility index (Phi) is 6.18. The molecule has 1 aromatic heterocycles. The molecule has 34 heavy (non-hydrogen) atoms. The number of hydrogen-bond donors (Lipinski definition) is 0. The topological polar surface area (TPSA) is 31.8 Å². The zero-order valence-corrected chi connectivity index (χ0v) is 20.8. The highest BCUT2D eigenvalue weighted by molar-refractivity contribution is 5.79. The van der Waals surface area contributed by atoms with Crippen molar-refractivity contribution < 1.29 is 4.74 Å². The number of rotatable bonds is 6. The molecule has 0 radical (unpaired) electrons. The molecular formula is C29H38N4O. The molecule has 2 aromatic rings. The summed E-state index contributed by atoms with van der Waals surface area (Å²) in [4.78, 5) is 12.9. The number of piperazine rings is 1. The van der Waals surface area contributed by atoms with E-state index in [1.165, 1.54) is 52.2 Å². The second-order valence-electron chi connectivity index (χ2n) is 10.8. The number of morpholine rings is 1. The first kappa shape index (κ1) is 22.3. The molecule has 180 valence electrons. The fraction of sp³-hybridized carbons (Fsp3) is 0.552. The molecule has 5 heteroatoms. The van der Waals surface area contributed by atoms with Crippen molar-refractivity contribution in [1.29, 1.82) is 0 Å². The van der Waals surface area contributed by atoms with E-state index >= 15 is 0 Å². The Morgan fingerprint density at radius 2 is 1.71 bits per heavy atom. The van der Waals surface area contributed by atoms with E-state index in [-0.39, 0.29) is 0 Å². The molecule has 2 aliphatic heterocycles. The van der Waals surface area contributed by atoms with Gasteiger partial charge < -0.3 is 9.64 Å². The number of hydrogen-bond acceptors (Lipinski definition) is 5. The zero-order valence-electron chi connectivity index (χ0n) is 20.8. The van der Waals surface area contributed by atoms with Crippen LogP contribution in [0.1, 0.15) is 49.4 Å². The third-order valence-electron chi connectivity index (χ3n) is 8.01. The van der Waals surface area contributed by atoms with Crippen LogP contribution in [0.4, 0.5) is 5.69 Å². The predicted molar refractivity (Wildman–Crippen MR) is 140 cm³/mol. The Morgan fingerprint density at radius 3 is 2.38 bits per heavy atom. The highest BCUT2D eigenvalue weighted by Gasteiger charge is 2.29. The van der Waals surface area contributed by atoms with Gasteiger partial charge in [-0.3, -0.25) is 14.8 Å². The molecule has 0 unspecified atom stereocenters. The van der Waals surface area contributed by atoms with E-state index in [1.54, 1.807) is 0 Å². The van der Waals surface area contributed by atoms with Gasteiger partial charge in [0.2, 0.25) is 0 Å². The third-order valence-corrected chi connectivity index (χ3v) is 8.01. The maximum atomic E-state index is 5.54. The van der Waals surface area contributed by atoms with Gasteiger partial charge in [0.1, 0.15) is 0 Å². The lowest BCUT2D eigenvalue weighted by atomic mass is 10.0. The highest BCUT2D eigenvalue weighted by Crippen LogP contribution is 2.43. The van der Waals surface area contributed by atoms with E-state index in [1.807, 2.05) is 0 Å². The van der Waals surface area contributed by atoms with Gasteiger partial charge in [0.05, 0.1) is 18.9 Å². The molecule has 2 aliphatic carbocycles. The van der Waals surface area contributed by atoms with Crippen LogP contribution in [0.2, 0.25) is 0 Å². The molecule has 3 fully saturated rings. The van der Waals surface area contributed by atoms with Crippen LogP contribution in [0.3, 0.4) is 0 Å². The number of anilines is 1. The zero-order chi connectivity index (χ0) is 23.1. The lowest BCUT2D eigenvalue weighted by Crippen LogP contribution is -2.48. The van der Waals surface area contributed by atoms with Gasteiger partial charge in [-0.1, -0.05) is 23.8 Å². The summed E-state index contributed by atoms with van der Waals surface area (Å²) in [6, 6.07) is 12.3. The van der Waals surface area contributed by atoms with Gasteiger partial charge in [0.15, 0.2) is 0 Å². The number of aromatic nitrogens is 1. The Morgan fingerprint density at radius 1 is 0.971 bits per heavy atom. The number of ether oxygens (including phenoxy) is 1. The van der Waals surface area contributed by atoms with Gasteiger partial charge in [0.25, 0.3) is 0 Å². The number of pyridine rings is 1. The van der Waals surface area contributed by atoms with Crippen LogP contribution >= 0.6 is 0 Å². The van der Waals surface area contributed by atoms with Crippen LogP contribution in [0, 0.1) is 0 Å². The van der Waals surface area contributed by atoms with E-state index in [9.17, 15) is 0 Å². The van der Waals surface area contributed by atoms with Crippen molar-refractivity contribution in [1.82, 2.24) is 14.8 Å². The van der Waals surface area contributed by atoms with E-state index in [0.29, 0.717) is 12.0 Å². The van der Waals surface area contributed by atoms with Gasteiger partial charge >= 0.3 is 0 Å².